The van der Waals surface area contributed by atoms with Crippen LogP contribution in [0, 0.1) is 5.92 Å². The zero-order valence-corrected chi connectivity index (χ0v) is 17.1. The molecule has 3 heteroatoms. The van der Waals surface area contributed by atoms with Crippen LogP contribution >= 0.6 is 0 Å². The van der Waals surface area contributed by atoms with Crippen molar-refractivity contribution < 1.29 is 14.2 Å². The smallest absolute Gasteiger partial charge is 0.197 e. The van der Waals surface area contributed by atoms with Crippen LogP contribution < -0.4 is 9.47 Å². The van der Waals surface area contributed by atoms with E-state index in [9.17, 15) is 0 Å². The molecule has 0 amide bonds. The SMILES string of the molecule is CC(C)CCc1ccc(OC(C)OCCOc2cccc3ccccc23)cc1. The predicted octanol–water partition coefficient (Wildman–Crippen LogP) is 6.25. The predicted molar refractivity (Wildman–Crippen MR) is 115 cm³/mol. The first kappa shape index (κ1) is 20.2. The first-order valence-corrected chi connectivity index (χ1v) is 10.1. The Morgan fingerprint density at radius 1 is 0.786 bits per heavy atom. The van der Waals surface area contributed by atoms with E-state index in [1.165, 1.54) is 17.4 Å². The monoisotopic (exact) mass is 378 g/mol. The molecule has 1 atom stereocenters. The molecule has 3 aromatic carbocycles. The van der Waals surface area contributed by atoms with Crippen LogP contribution in [0.15, 0.2) is 66.7 Å². The molecule has 1 unspecified atom stereocenters. The van der Waals surface area contributed by atoms with Gasteiger partial charge >= 0.3 is 0 Å². The highest BCUT2D eigenvalue weighted by Crippen LogP contribution is 2.25. The summed E-state index contributed by atoms with van der Waals surface area (Å²) in [6.07, 6.45) is 1.99. The quantitative estimate of drug-likeness (QED) is 0.308. The molecule has 0 aliphatic carbocycles. The average molecular weight is 379 g/mol. The van der Waals surface area contributed by atoms with Gasteiger partial charge < -0.3 is 14.2 Å². The first-order valence-electron chi connectivity index (χ1n) is 10.1. The molecule has 0 aliphatic rings. The fraction of sp³-hybridized carbons (Fsp3) is 0.360. The lowest BCUT2D eigenvalue weighted by molar-refractivity contribution is -0.0738. The van der Waals surface area contributed by atoms with Crippen molar-refractivity contribution in [1.82, 2.24) is 0 Å². The minimum Gasteiger partial charge on any atom is -0.491 e. The zero-order chi connectivity index (χ0) is 19.8. The molecule has 3 rings (SSSR count). The van der Waals surface area contributed by atoms with E-state index < -0.39 is 0 Å². The van der Waals surface area contributed by atoms with Crippen LogP contribution in [0.25, 0.3) is 10.8 Å². The summed E-state index contributed by atoms with van der Waals surface area (Å²) < 4.78 is 17.5. The van der Waals surface area contributed by atoms with Crippen LogP contribution in [0.2, 0.25) is 0 Å². The summed E-state index contributed by atoms with van der Waals surface area (Å²) in [7, 11) is 0. The topological polar surface area (TPSA) is 27.7 Å². The third-order valence-electron chi connectivity index (χ3n) is 4.68. The van der Waals surface area contributed by atoms with Gasteiger partial charge in [0, 0.05) is 5.39 Å². The summed E-state index contributed by atoms with van der Waals surface area (Å²) in [5.74, 6) is 2.43. The molecule has 0 saturated heterocycles. The van der Waals surface area contributed by atoms with Crippen LogP contribution in [-0.4, -0.2) is 19.5 Å². The maximum Gasteiger partial charge on any atom is 0.197 e. The molecular weight excluding hydrogens is 348 g/mol. The normalized spacial score (nSPS) is 12.3. The van der Waals surface area contributed by atoms with E-state index in [0.29, 0.717) is 13.2 Å². The second-order valence-corrected chi connectivity index (χ2v) is 7.46. The largest absolute Gasteiger partial charge is 0.491 e. The van der Waals surface area contributed by atoms with Gasteiger partial charge in [0.25, 0.3) is 0 Å². The Balaban J connectivity index is 1.41. The Labute approximate surface area is 168 Å². The van der Waals surface area contributed by atoms with Crippen molar-refractivity contribution in [2.75, 3.05) is 13.2 Å². The summed E-state index contributed by atoms with van der Waals surface area (Å²) in [6.45, 7) is 7.36. The zero-order valence-electron chi connectivity index (χ0n) is 17.1. The average Bonchev–Trinajstić information content (AvgIpc) is 2.71. The molecule has 0 radical (unpaired) electrons. The highest BCUT2D eigenvalue weighted by Gasteiger charge is 2.06. The van der Waals surface area contributed by atoms with Gasteiger partial charge in [-0.3, -0.25) is 0 Å². The minimum absolute atomic E-state index is 0.322. The van der Waals surface area contributed by atoms with Crippen molar-refractivity contribution >= 4 is 10.8 Å². The fourth-order valence-electron chi connectivity index (χ4n) is 3.10. The van der Waals surface area contributed by atoms with Gasteiger partial charge in [-0.2, -0.15) is 0 Å². The number of hydrogen-bond donors (Lipinski definition) is 0. The Morgan fingerprint density at radius 2 is 1.54 bits per heavy atom. The number of fused-ring (bicyclic) bond motifs is 1. The molecule has 0 N–H and O–H groups in total. The van der Waals surface area contributed by atoms with E-state index >= 15 is 0 Å². The highest BCUT2D eigenvalue weighted by atomic mass is 16.7. The van der Waals surface area contributed by atoms with Gasteiger partial charge in [-0.05, 0) is 54.8 Å². The molecule has 0 fully saturated rings. The van der Waals surface area contributed by atoms with Crippen LogP contribution in [0.5, 0.6) is 11.5 Å². The Hall–Kier alpha value is -2.52. The number of rotatable bonds is 10. The van der Waals surface area contributed by atoms with E-state index in [1.807, 2.05) is 43.3 Å². The molecule has 0 saturated carbocycles. The van der Waals surface area contributed by atoms with Crippen molar-refractivity contribution in [3.8, 4) is 11.5 Å². The summed E-state index contributed by atoms with van der Waals surface area (Å²) in [6, 6.07) is 22.6. The third-order valence-corrected chi connectivity index (χ3v) is 4.68. The minimum atomic E-state index is -0.322. The maximum absolute atomic E-state index is 5.90. The van der Waals surface area contributed by atoms with Crippen molar-refractivity contribution in [1.29, 1.82) is 0 Å². The highest BCUT2D eigenvalue weighted by molar-refractivity contribution is 5.88. The van der Waals surface area contributed by atoms with Gasteiger partial charge in [0.1, 0.15) is 18.1 Å². The molecular formula is C25H30O3. The Kier molecular flexibility index (Phi) is 7.32. The molecule has 28 heavy (non-hydrogen) atoms. The third kappa shape index (κ3) is 6.00. The fourth-order valence-corrected chi connectivity index (χ4v) is 3.10. The Morgan fingerprint density at radius 3 is 2.32 bits per heavy atom. The number of hydrogen-bond acceptors (Lipinski definition) is 3. The van der Waals surface area contributed by atoms with Crippen molar-refractivity contribution in [2.45, 2.75) is 39.9 Å². The van der Waals surface area contributed by atoms with Gasteiger partial charge in [-0.15, -0.1) is 0 Å². The van der Waals surface area contributed by atoms with Crippen molar-refractivity contribution in [2.24, 2.45) is 5.92 Å². The molecule has 3 nitrogen and oxygen atoms in total. The van der Waals surface area contributed by atoms with Gasteiger partial charge in [0.15, 0.2) is 6.29 Å². The lowest BCUT2D eigenvalue weighted by Gasteiger charge is -2.16. The number of aryl methyl sites for hydroxylation is 1. The summed E-state index contributed by atoms with van der Waals surface area (Å²) in [5.41, 5.74) is 1.35. The van der Waals surface area contributed by atoms with Gasteiger partial charge in [0.05, 0.1) is 6.61 Å². The lowest BCUT2D eigenvalue weighted by Crippen LogP contribution is -2.19. The summed E-state index contributed by atoms with van der Waals surface area (Å²) in [5, 5.41) is 2.29. The van der Waals surface area contributed by atoms with Crippen molar-refractivity contribution in [3.05, 3.63) is 72.3 Å². The summed E-state index contributed by atoms with van der Waals surface area (Å²) in [4.78, 5) is 0. The second kappa shape index (κ2) is 10.1. The van der Waals surface area contributed by atoms with E-state index in [0.717, 1.165) is 29.2 Å². The van der Waals surface area contributed by atoms with Crippen LogP contribution in [0.4, 0.5) is 0 Å². The van der Waals surface area contributed by atoms with Crippen LogP contribution in [0.3, 0.4) is 0 Å². The Bertz CT molecular complexity index is 850. The molecule has 148 valence electrons. The standard InChI is InChI=1S/C25H30O3/c1-19(2)11-12-21-13-15-23(16-14-21)28-20(3)26-17-18-27-25-10-6-8-22-7-4-5-9-24(22)25/h4-10,13-16,19-20H,11-12,17-18H2,1-3H3. The number of ether oxygens (including phenoxy) is 3. The molecule has 0 spiro atoms. The van der Waals surface area contributed by atoms with E-state index in [-0.39, 0.29) is 6.29 Å². The molecule has 0 aromatic heterocycles. The van der Waals surface area contributed by atoms with E-state index in [4.69, 9.17) is 14.2 Å². The molecule has 0 bridgehead atoms. The van der Waals surface area contributed by atoms with Gasteiger partial charge in [-0.1, -0.05) is 62.4 Å². The van der Waals surface area contributed by atoms with Crippen LogP contribution in [0.1, 0.15) is 32.8 Å². The maximum atomic E-state index is 5.90. The second-order valence-electron chi connectivity index (χ2n) is 7.46. The van der Waals surface area contributed by atoms with E-state index in [2.05, 4.69) is 44.2 Å². The summed E-state index contributed by atoms with van der Waals surface area (Å²) >= 11 is 0. The molecule has 0 heterocycles. The number of benzene rings is 3. The lowest BCUT2D eigenvalue weighted by atomic mass is 10.0. The van der Waals surface area contributed by atoms with Gasteiger partial charge in [0.2, 0.25) is 0 Å². The van der Waals surface area contributed by atoms with E-state index in [1.54, 1.807) is 0 Å². The van der Waals surface area contributed by atoms with Crippen molar-refractivity contribution in [3.63, 3.8) is 0 Å². The van der Waals surface area contributed by atoms with Crippen LogP contribution in [-0.2, 0) is 11.2 Å². The molecule has 0 aliphatic heterocycles. The van der Waals surface area contributed by atoms with Gasteiger partial charge in [-0.25, -0.2) is 0 Å². The molecule has 3 aromatic rings. The first-order chi connectivity index (χ1) is 13.6.